The van der Waals surface area contributed by atoms with Crippen molar-refractivity contribution in [1.29, 1.82) is 0 Å². The first-order valence-electron chi connectivity index (χ1n) is 6.95. The van der Waals surface area contributed by atoms with Crippen molar-refractivity contribution in [3.05, 3.63) is 24.3 Å². The molecule has 0 spiro atoms. The molecule has 0 heterocycles. The van der Waals surface area contributed by atoms with Gasteiger partial charge in [-0.05, 0) is 13.8 Å². The highest BCUT2D eigenvalue weighted by Gasteiger charge is 2.55. The molecule has 20 heavy (non-hydrogen) atoms. The summed E-state index contributed by atoms with van der Waals surface area (Å²) in [5.74, 6) is 0. The highest BCUT2D eigenvalue weighted by molar-refractivity contribution is 6.88. The third-order valence-corrected chi connectivity index (χ3v) is 13.6. The summed E-state index contributed by atoms with van der Waals surface area (Å²) in [4.78, 5) is 0. The molecule has 0 rings (SSSR count). The molecule has 0 aliphatic heterocycles. The van der Waals surface area contributed by atoms with Crippen molar-refractivity contribution in [3.8, 4) is 0 Å². The molecule has 0 aliphatic rings. The van der Waals surface area contributed by atoms with Crippen LogP contribution in [-0.4, -0.2) is 45.6 Å². The zero-order valence-corrected chi connectivity index (χ0v) is 15.9. The fourth-order valence-electron chi connectivity index (χ4n) is 2.46. The molecular formula is C14H30O4Si2. The second-order valence-corrected chi connectivity index (χ2v) is 12.7. The van der Waals surface area contributed by atoms with Crippen LogP contribution in [0, 0.1) is 0 Å². The third-order valence-electron chi connectivity index (χ3n) is 3.98. The molecule has 0 atom stereocenters. The lowest BCUT2D eigenvalue weighted by atomic mass is 10.6. The van der Waals surface area contributed by atoms with Crippen LogP contribution in [-0.2, 0) is 17.7 Å². The predicted octanol–water partition coefficient (Wildman–Crippen LogP) is 3.54. The van der Waals surface area contributed by atoms with Crippen molar-refractivity contribution in [2.24, 2.45) is 0 Å². The number of hydrogen-bond donors (Lipinski definition) is 0. The van der Waals surface area contributed by atoms with E-state index in [0.717, 1.165) is 12.1 Å². The normalized spacial score (nSPS) is 15.3. The minimum absolute atomic E-state index is 0.146. The van der Waals surface area contributed by atoms with Crippen molar-refractivity contribution in [2.75, 3.05) is 28.4 Å². The molecule has 0 bridgehead atoms. The van der Waals surface area contributed by atoms with Gasteiger partial charge in [0.2, 0.25) is 0 Å². The fraction of sp³-hybridized carbons (Fsp3) is 0.714. The molecule has 0 saturated carbocycles. The van der Waals surface area contributed by atoms with Crippen LogP contribution in [0.25, 0.3) is 0 Å². The Morgan fingerprint density at radius 3 is 1.25 bits per heavy atom. The van der Waals surface area contributed by atoms with Gasteiger partial charge in [0.1, 0.15) is 0 Å². The monoisotopic (exact) mass is 318 g/mol. The Hall–Kier alpha value is -0.246. The van der Waals surface area contributed by atoms with Crippen molar-refractivity contribution in [2.45, 2.75) is 38.0 Å². The Balaban J connectivity index is 5.49. The Bertz CT molecular complexity index is 280. The number of rotatable bonds is 10. The van der Waals surface area contributed by atoms with Gasteiger partial charge in [-0.1, -0.05) is 31.2 Å². The van der Waals surface area contributed by atoms with E-state index in [1.807, 2.05) is 26.0 Å². The summed E-state index contributed by atoms with van der Waals surface area (Å²) in [6, 6.07) is 1.60. The standard InChI is InChI=1S/C14H30O4Si2/c1-8-10-12-19(15-4,16-5)14(3)20(17-6,18-7)13-11-9-2/h8-11,14H,12-13H2,1-7H3. The maximum Gasteiger partial charge on any atom is 0.346 e. The third kappa shape index (κ3) is 4.37. The van der Waals surface area contributed by atoms with Gasteiger partial charge in [0.25, 0.3) is 0 Å². The number of hydrogen-bond acceptors (Lipinski definition) is 4. The minimum atomic E-state index is -2.40. The summed E-state index contributed by atoms with van der Waals surface area (Å²) >= 11 is 0. The van der Waals surface area contributed by atoms with Gasteiger partial charge in [-0.3, -0.25) is 0 Å². The highest BCUT2D eigenvalue weighted by Crippen LogP contribution is 2.38. The minimum Gasteiger partial charge on any atom is -0.397 e. The van der Waals surface area contributed by atoms with E-state index < -0.39 is 17.1 Å². The quantitative estimate of drug-likeness (QED) is 0.456. The molecule has 6 heteroatoms. The van der Waals surface area contributed by atoms with Gasteiger partial charge in [0.15, 0.2) is 0 Å². The first-order valence-corrected chi connectivity index (χ1v) is 11.2. The van der Waals surface area contributed by atoms with E-state index in [1.165, 1.54) is 0 Å². The summed E-state index contributed by atoms with van der Waals surface area (Å²) in [6.07, 6.45) is 8.27. The topological polar surface area (TPSA) is 36.9 Å². The molecule has 0 amide bonds. The van der Waals surface area contributed by atoms with Crippen molar-refractivity contribution < 1.29 is 17.7 Å². The molecule has 0 aromatic rings. The smallest absolute Gasteiger partial charge is 0.346 e. The fourth-order valence-corrected chi connectivity index (χ4v) is 11.5. The molecule has 0 aliphatic carbocycles. The average Bonchev–Trinajstić information content (AvgIpc) is 2.50. The summed E-state index contributed by atoms with van der Waals surface area (Å²) in [5.41, 5.74) is 0. The van der Waals surface area contributed by atoms with Gasteiger partial charge in [0, 0.05) is 45.7 Å². The van der Waals surface area contributed by atoms with E-state index in [-0.39, 0.29) is 5.16 Å². The van der Waals surface area contributed by atoms with E-state index in [0.29, 0.717) is 0 Å². The molecule has 4 nitrogen and oxygen atoms in total. The zero-order valence-electron chi connectivity index (χ0n) is 13.9. The van der Waals surface area contributed by atoms with Crippen LogP contribution in [0.15, 0.2) is 24.3 Å². The molecule has 0 saturated heterocycles. The summed E-state index contributed by atoms with van der Waals surface area (Å²) in [6.45, 7) is 6.16. The van der Waals surface area contributed by atoms with Crippen LogP contribution in [0.4, 0.5) is 0 Å². The van der Waals surface area contributed by atoms with Crippen molar-refractivity contribution >= 4 is 17.1 Å². The lowest BCUT2D eigenvalue weighted by Crippen LogP contribution is -2.58. The van der Waals surface area contributed by atoms with Gasteiger partial charge in [-0.2, -0.15) is 0 Å². The van der Waals surface area contributed by atoms with Crippen LogP contribution in [0.2, 0.25) is 17.3 Å². The molecule has 0 radical (unpaired) electrons. The van der Waals surface area contributed by atoms with E-state index in [2.05, 4.69) is 19.1 Å². The largest absolute Gasteiger partial charge is 0.397 e. The molecule has 0 fully saturated rings. The number of allylic oxidation sites excluding steroid dienone is 4. The van der Waals surface area contributed by atoms with Crippen molar-refractivity contribution in [3.63, 3.8) is 0 Å². The van der Waals surface area contributed by atoms with Gasteiger partial charge < -0.3 is 17.7 Å². The Morgan fingerprint density at radius 2 is 1.05 bits per heavy atom. The second kappa shape index (κ2) is 9.65. The van der Waals surface area contributed by atoms with E-state index in [9.17, 15) is 0 Å². The Labute approximate surface area is 126 Å². The van der Waals surface area contributed by atoms with E-state index in [1.54, 1.807) is 28.4 Å². The average molecular weight is 319 g/mol. The zero-order chi connectivity index (χ0) is 15.6. The molecular weight excluding hydrogens is 288 g/mol. The van der Waals surface area contributed by atoms with Crippen LogP contribution < -0.4 is 0 Å². The Kier molecular flexibility index (Phi) is 9.53. The Morgan fingerprint density at radius 1 is 0.750 bits per heavy atom. The maximum absolute atomic E-state index is 5.86. The summed E-state index contributed by atoms with van der Waals surface area (Å²) < 4.78 is 23.4. The molecule has 118 valence electrons. The van der Waals surface area contributed by atoms with Crippen LogP contribution in [0.5, 0.6) is 0 Å². The van der Waals surface area contributed by atoms with Crippen LogP contribution in [0.3, 0.4) is 0 Å². The molecule has 0 unspecified atom stereocenters. The lowest BCUT2D eigenvalue weighted by molar-refractivity contribution is 0.207. The highest BCUT2D eigenvalue weighted by atomic mass is 28.4. The first-order chi connectivity index (χ1) is 9.52. The maximum atomic E-state index is 5.86. The SMILES string of the molecule is CC=CC[Si](OC)(OC)C(C)[Si](CC=CC)(OC)OC. The van der Waals surface area contributed by atoms with Gasteiger partial charge in [-0.15, -0.1) is 0 Å². The predicted molar refractivity (Wildman–Crippen MR) is 88.2 cm³/mol. The summed E-state index contributed by atoms with van der Waals surface area (Å²) in [5, 5.41) is 0.146. The molecule has 0 aromatic heterocycles. The summed E-state index contributed by atoms with van der Waals surface area (Å²) in [7, 11) is 2.12. The molecule has 0 N–H and O–H groups in total. The second-order valence-electron chi connectivity index (χ2n) is 4.71. The van der Waals surface area contributed by atoms with E-state index >= 15 is 0 Å². The van der Waals surface area contributed by atoms with Gasteiger partial charge in [0.05, 0.1) is 0 Å². The lowest BCUT2D eigenvalue weighted by Gasteiger charge is -2.41. The molecule has 0 aromatic carbocycles. The van der Waals surface area contributed by atoms with Gasteiger partial charge in [-0.25, -0.2) is 0 Å². The van der Waals surface area contributed by atoms with E-state index in [4.69, 9.17) is 17.7 Å². The first kappa shape index (κ1) is 19.8. The van der Waals surface area contributed by atoms with Crippen LogP contribution in [0.1, 0.15) is 20.8 Å². The van der Waals surface area contributed by atoms with Crippen molar-refractivity contribution in [1.82, 2.24) is 0 Å². The van der Waals surface area contributed by atoms with Gasteiger partial charge >= 0.3 is 17.1 Å². The van der Waals surface area contributed by atoms with Crippen LogP contribution >= 0.6 is 0 Å².